The summed E-state index contributed by atoms with van der Waals surface area (Å²) in [6.07, 6.45) is -0.202. The fourth-order valence-electron chi connectivity index (χ4n) is 3.03. The Balaban J connectivity index is 0.00000117. The van der Waals surface area contributed by atoms with Crippen molar-refractivity contribution >= 4 is 22.9 Å². The average Bonchev–Trinajstić information content (AvgIpc) is 3.48. The summed E-state index contributed by atoms with van der Waals surface area (Å²) in [5.41, 5.74) is 0.886. The Morgan fingerprint density at radius 2 is 2.07 bits per heavy atom. The van der Waals surface area contributed by atoms with Gasteiger partial charge < -0.3 is 10.2 Å². The SMILES string of the molecule is CC.O=C(NCc1nc(-c2cccs2)n[nH]1)c1ccccc1N1CCC(F)(F)C1. The molecule has 1 aliphatic rings. The van der Waals surface area contributed by atoms with Crippen molar-refractivity contribution in [2.45, 2.75) is 32.7 Å². The van der Waals surface area contributed by atoms with Crippen molar-refractivity contribution in [3.8, 4) is 10.7 Å². The third-order valence-corrected chi connectivity index (χ3v) is 5.21. The highest BCUT2D eigenvalue weighted by Crippen LogP contribution is 2.32. The number of para-hydroxylation sites is 1. The predicted octanol–water partition coefficient (Wildman–Crippen LogP) is 4.33. The number of anilines is 1. The Kier molecular flexibility index (Phi) is 6.58. The van der Waals surface area contributed by atoms with Crippen LogP contribution in [0, 0.1) is 0 Å². The number of hydrogen-bond acceptors (Lipinski definition) is 5. The van der Waals surface area contributed by atoms with Gasteiger partial charge in [0.1, 0.15) is 5.82 Å². The van der Waals surface area contributed by atoms with Crippen LogP contribution in [0.5, 0.6) is 0 Å². The zero-order valence-electron chi connectivity index (χ0n) is 16.3. The highest BCUT2D eigenvalue weighted by Gasteiger charge is 2.39. The normalized spacial score (nSPS) is 15.0. The highest BCUT2D eigenvalue weighted by molar-refractivity contribution is 7.13. The summed E-state index contributed by atoms with van der Waals surface area (Å²) in [4.78, 5) is 19.5. The summed E-state index contributed by atoms with van der Waals surface area (Å²) in [6, 6.07) is 10.6. The van der Waals surface area contributed by atoms with Gasteiger partial charge in [0.2, 0.25) is 0 Å². The van der Waals surface area contributed by atoms with E-state index in [0.29, 0.717) is 22.9 Å². The number of nitrogens with one attached hydrogen (secondary N) is 2. The minimum absolute atomic E-state index is 0.168. The van der Waals surface area contributed by atoms with Gasteiger partial charge in [0.05, 0.1) is 23.5 Å². The highest BCUT2D eigenvalue weighted by atomic mass is 32.1. The first-order chi connectivity index (χ1) is 14.0. The van der Waals surface area contributed by atoms with Gasteiger partial charge in [0, 0.05) is 18.7 Å². The molecule has 4 rings (SSSR count). The number of rotatable bonds is 5. The standard InChI is InChI=1S/C18H17F2N5OS.C2H6/c19-18(20)7-8-25(11-18)13-5-2-1-4-12(13)17(26)21-10-15-22-16(24-23-15)14-6-3-9-27-14;1-2/h1-6,9H,7-8,10-11H2,(H,21,26)(H,22,23,24);1-2H3. The molecule has 2 aromatic heterocycles. The first-order valence-corrected chi connectivity index (χ1v) is 10.3. The Hall–Kier alpha value is -2.81. The Morgan fingerprint density at radius 1 is 1.28 bits per heavy atom. The first kappa shape index (κ1) is 20.9. The van der Waals surface area contributed by atoms with Crippen LogP contribution in [0.25, 0.3) is 10.7 Å². The van der Waals surface area contributed by atoms with Gasteiger partial charge in [-0.25, -0.2) is 13.8 Å². The van der Waals surface area contributed by atoms with E-state index in [9.17, 15) is 13.6 Å². The quantitative estimate of drug-likeness (QED) is 0.645. The molecule has 0 spiro atoms. The maximum absolute atomic E-state index is 13.5. The molecule has 0 aliphatic carbocycles. The van der Waals surface area contributed by atoms with Crippen LogP contribution < -0.4 is 10.2 Å². The van der Waals surface area contributed by atoms with Crippen molar-refractivity contribution < 1.29 is 13.6 Å². The van der Waals surface area contributed by atoms with Gasteiger partial charge in [0.25, 0.3) is 11.8 Å². The molecule has 3 aromatic rings. The van der Waals surface area contributed by atoms with Gasteiger partial charge in [0.15, 0.2) is 5.82 Å². The van der Waals surface area contributed by atoms with Gasteiger partial charge in [-0.2, -0.15) is 5.10 Å². The number of benzene rings is 1. The maximum Gasteiger partial charge on any atom is 0.266 e. The van der Waals surface area contributed by atoms with Crippen LogP contribution in [-0.2, 0) is 6.54 Å². The number of halogens is 2. The molecule has 0 saturated carbocycles. The molecular formula is C20H23F2N5OS. The van der Waals surface area contributed by atoms with Gasteiger partial charge in [-0.3, -0.25) is 9.89 Å². The number of aromatic amines is 1. The molecule has 29 heavy (non-hydrogen) atoms. The monoisotopic (exact) mass is 419 g/mol. The topological polar surface area (TPSA) is 73.9 Å². The van der Waals surface area contributed by atoms with Crippen LogP contribution in [-0.4, -0.2) is 40.1 Å². The number of H-pyrrole nitrogens is 1. The van der Waals surface area contributed by atoms with Crippen LogP contribution >= 0.6 is 11.3 Å². The van der Waals surface area contributed by atoms with Gasteiger partial charge in [-0.1, -0.05) is 32.0 Å². The van der Waals surface area contributed by atoms with Gasteiger partial charge >= 0.3 is 0 Å². The second-order valence-corrected chi connectivity index (χ2v) is 7.26. The van der Waals surface area contributed by atoms with E-state index in [0.717, 1.165) is 4.88 Å². The number of carbonyl (C=O) groups is 1. The van der Waals surface area contributed by atoms with Crippen LogP contribution in [0.3, 0.4) is 0 Å². The number of alkyl halides is 2. The van der Waals surface area contributed by atoms with Gasteiger partial charge in [-0.05, 0) is 23.6 Å². The molecule has 154 valence electrons. The second-order valence-electron chi connectivity index (χ2n) is 6.31. The molecule has 3 heterocycles. The van der Waals surface area contributed by atoms with Crippen LogP contribution in [0.1, 0.15) is 36.5 Å². The van der Waals surface area contributed by atoms with Crippen LogP contribution in [0.15, 0.2) is 41.8 Å². The van der Waals surface area contributed by atoms with Crippen molar-refractivity contribution in [1.29, 1.82) is 0 Å². The minimum atomic E-state index is -2.72. The molecule has 1 aromatic carbocycles. The number of hydrogen-bond donors (Lipinski definition) is 2. The molecule has 0 atom stereocenters. The summed E-state index contributed by atoms with van der Waals surface area (Å²) < 4.78 is 27.1. The lowest BCUT2D eigenvalue weighted by molar-refractivity contribution is 0.0257. The molecule has 1 amide bonds. The van der Waals surface area contributed by atoms with Crippen LogP contribution in [0.4, 0.5) is 14.5 Å². The zero-order chi connectivity index (χ0) is 20.9. The third kappa shape index (κ3) is 4.97. The molecule has 0 bridgehead atoms. The average molecular weight is 420 g/mol. The fourth-order valence-corrected chi connectivity index (χ4v) is 3.69. The summed E-state index contributed by atoms with van der Waals surface area (Å²) >= 11 is 1.53. The van der Waals surface area contributed by atoms with E-state index in [-0.39, 0.29) is 32.0 Å². The van der Waals surface area contributed by atoms with Gasteiger partial charge in [-0.15, -0.1) is 11.3 Å². The van der Waals surface area contributed by atoms with E-state index in [1.807, 2.05) is 31.4 Å². The Morgan fingerprint density at radius 3 is 2.76 bits per heavy atom. The molecule has 1 fully saturated rings. The maximum atomic E-state index is 13.5. The van der Waals surface area contributed by atoms with E-state index >= 15 is 0 Å². The Bertz CT molecular complexity index is 942. The minimum Gasteiger partial charge on any atom is -0.365 e. The van der Waals surface area contributed by atoms with Crippen molar-refractivity contribution in [3.05, 3.63) is 53.2 Å². The largest absolute Gasteiger partial charge is 0.365 e. The lowest BCUT2D eigenvalue weighted by Crippen LogP contribution is -2.29. The molecule has 1 saturated heterocycles. The summed E-state index contributed by atoms with van der Waals surface area (Å²) in [5, 5.41) is 11.7. The number of nitrogens with zero attached hydrogens (tertiary/aromatic N) is 3. The zero-order valence-corrected chi connectivity index (χ0v) is 17.1. The summed E-state index contributed by atoms with van der Waals surface area (Å²) in [7, 11) is 0. The van der Waals surface area contributed by atoms with E-state index in [2.05, 4.69) is 20.5 Å². The summed E-state index contributed by atoms with van der Waals surface area (Å²) in [6.45, 7) is 4.02. The molecule has 1 aliphatic heterocycles. The van der Waals surface area contributed by atoms with E-state index < -0.39 is 5.92 Å². The predicted molar refractivity (Wildman–Crippen MR) is 110 cm³/mol. The van der Waals surface area contributed by atoms with Crippen molar-refractivity contribution in [3.63, 3.8) is 0 Å². The number of aromatic nitrogens is 3. The molecule has 0 unspecified atom stereocenters. The van der Waals surface area contributed by atoms with Crippen LogP contribution in [0.2, 0.25) is 0 Å². The number of carbonyl (C=O) groups excluding carboxylic acids is 1. The smallest absolute Gasteiger partial charge is 0.266 e. The van der Waals surface area contributed by atoms with E-state index in [1.165, 1.54) is 11.3 Å². The lowest BCUT2D eigenvalue weighted by Gasteiger charge is -2.21. The summed E-state index contributed by atoms with van der Waals surface area (Å²) in [5.74, 6) is -1.96. The molecule has 6 nitrogen and oxygen atoms in total. The molecule has 9 heteroatoms. The van der Waals surface area contributed by atoms with Crippen molar-refractivity contribution in [2.24, 2.45) is 0 Å². The second kappa shape index (κ2) is 9.13. The number of amides is 1. The molecule has 0 radical (unpaired) electrons. The molecule has 2 N–H and O–H groups in total. The lowest BCUT2D eigenvalue weighted by atomic mass is 10.1. The van der Waals surface area contributed by atoms with Crippen molar-refractivity contribution in [1.82, 2.24) is 20.5 Å². The molecular weight excluding hydrogens is 396 g/mol. The third-order valence-electron chi connectivity index (χ3n) is 4.35. The Labute approximate surface area is 172 Å². The fraction of sp³-hybridized carbons (Fsp3) is 0.350. The van der Waals surface area contributed by atoms with Crippen molar-refractivity contribution in [2.75, 3.05) is 18.0 Å². The number of thiophene rings is 1. The first-order valence-electron chi connectivity index (χ1n) is 9.47. The van der Waals surface area contributed by atoms with E-state index in [4.69, 9.17) is 0 Å². The van der Waals surface area contributed by atoms with E-state index in [1.54, 1.807) is 29.2 Å².